The van der Waals surface area contributed by atoms with Gasteiger partial charge in [-0.1, -0.05) is 0 Å². The zero-order valence-corrected chi connectivity index (χ0v) is 11.0. The first-order valence-electron chi connectivity index (χ1n) is 4.50. The minimum Gasteiger partial charge on any atom is -0.391 e. The lowest BCUT2D eigenvalue weighted by molar-refractivity contribution is -0.127. The zero-order valence-electron chi connectivity index (χ0n) is 9.35. The van der Waals surface area contributed by atoms with Gasteiger partial charge in [0, 0.05) is 0 Å². The second kappa shape index (κ2) is 6.67. The van der Waals surface area contributed by atoms with Crippen LogP contribution in [0.4, 0.5) is 0 Å². The third-order valence-corrected chi connectivity index (χ3v) is 2.67. The average molecular weight is 324 g/mol. The van der Waals surface area contributed by atoms with Crippen LogP contribution in [0.15, 0.2) is 0 Å². The Morgan fingerprint density at radius 3 is 1.58 bits per heavy atom. The van der Waals surface area contributed by atoms with Gasteiger partial charge in [0.05, 0.1) is 6.10 Å². The number of aliphatic hydroxyl groups excluding tert-OH is 2. The monoisotopic (exact) mass is 324 g/mol. The molecule has 0 amide bonds. The molecule has 0 bridgehead atoms. The van der Waals surface area contributed by atoms with Gasteiger partial charge in [0.25, 0.3) is 0 Å². The fourth-order valence-corrected chi connectivity index (χ4v) is 2.13. The number of aldehydes is 1. The van der Waals surface area contributed by atoms with E-state index in [1.54, 1.807) is 0 Å². The van der Waals surface area contributed by atoms with Gasteiger partial charge >= 0.3 is 20.8 Å². The Balaban J connectivity index is 5.43. The predicted octanol–water partition coefficient (Wildman–Crippen LogP) is -2.70. The molecule has 4 unspecified atom stereocenters. The Hall–Kier alpha value is -0.670. The maximum Gasteiger partial charge on any atom is 0.397 e. The predicted molar refractivity (Wildman–Crippen MR) is 56.6 cm³/mol. The molecule has 0 heterocycles. The van der Waals surface area contributed by atoms with Crippen molar-refractivity contribution in [3.05, 3.63) is 0 Å². The molecule has 19 heavy (non-hydrogen) atoms. The Morgan fingerprint density at radius 2 is 1.32 bits per heavy atom. The fraction of sp³-hybridized carbons (Fsp3) is 0.833. The summed E-state index contributed by atoms with van der Waals surface area (Å²) in [6.07, 6.45) is -8.77. The molecule has 0 radical (unpaired) electrons. The van der Waals surface area contributed by atoms with E-state index in [4.69, 9.17) is 14.2 Å². The van der Waals surface area contributed by atoms with Crippen molar-refractivity contribution in [1.29, 1.82) is 0 Å². The first-order chi connectivity index (χ1) is 8.37. The van der Waals surface area contributed by atoms with Crippen LogP contribution in [-0.2, 0) is 34.0 Å². The molecule has 4 atom stereocenters. The van der Waals surface area contributed by atoms with Gasteiger partial charge in [0.1, 0.15) is 18.3 Å². The molecule has 0 aliphatic heterocycles. The molecule has 4 N–H and O–H groups in total. The summed E-state index contributed by atoms with van der Waals surface area (Å²) in [5.41, 5.74) is 0. The van der Waals surface area contributed by atoms with Crippen molar-refractivity contribution in [3.63, 3.8) is 0 Å². The summed E-state index contributed by atoms with van der Waals surface area (Å²) in [7, 11) is -10.4. The van der Waals surface area contributed by atoms with Gasteiger partial charge < -0.3 is 15.0 Å². The Kier molecular flexibility index (Phi) is 6.43. The minimum absolute atomic E-state index is 0.251. The van der Waals surface area contributed by atoms with Crippen LogP contribution >= 0.6 is 0 Å². The number of rotatable bonds is 8. The minimum atomic E-state index is -5.20. The van der Waals surface area contributed by atoms with Gasteiger partial charge in [-0.05, 0) is 6.92 Å². The van der Waals surface area contributed by atoms with Gasteiger partial charge in [0.15, 0.2) is 6.29 Å². The first-order valence-corrected chi connectivity index (χ1v) is 7.23. The third-order valence-electron chi connectivity index (χ3n) is 1.74. The van der Waals surface area contributed by atoms with E-state index in [9.17, 15) is 26.7 Å². The van der Waals surface area contributed by atoms with E-state index in [1.807, 2.05) is 0 Å². The smallest absolute Gasteiger partial charge is 0.391 e. The molecule has 0 spiro atoms. The number of carbonyl (C=O) groups is 1. The van der Waals surface area contributed by atoms with E-state index < -0.39 is 45.2 Å². The summed E-state index contributed by atoms with van der Waals surface area (Å²) >= 11 is 0. The molecule has 13 heteroatoms. The first kappa shape index (κ1) is 18.3. The molecule has 0 fully saturated rings. The van der Waals surface area contributed by atoms with Crippen molar-refractivity contribution in [2.75, 3.05) is 0 Å². The summed E-state index contributed by atoms with van der Waals surface area (Å²) < 4.78 is 66.7. The van der Waals surface area contributed by atoms with E-state index in [1.165, 1.54) is 0 Å². The number of carbonyl (C=O) groups excluding carboxylic acids is 1. The Bertz CT molecular complexity index is 491. The van der Waals surface area contributed by atoms with Gasteiger partial charge in [-0.3, -0.25) is 9.11 Å². The van der Waals surface area contributed by atoms with Crippen LogP contribution in [0.1, 0.15) is 6.92 Å². The van der Waals surface area contributed by atoms with Crippen LogP contribution in [0.5, 0.6) is 0 Å². The molecule has 11 nitrogen and oxygen atoms in total. The molecule has 0 rings (SSSR count). The highest BCUT2D eigenvalue weighted by atomic mass is 32.3. The molecule has 0 saturated carbocycles. The van der Waals surface area contributed by atoms with E-state index in [0.29, 0.717) is 0 Å². The molecule has 0 aliphatic rings. The molecule has 0 aromatic rings. The summed E-state index contributed by atoms with van der Waals surface area (Å²) in [6, 6.07) is 0. The largest absolute Gasteiger partial charge is 0.397 e. The fourth-order valence-electron chi connectivity index (χ4n) is 1.07. The van der Waals surface area contributed by atoms with Crippen LogP contribution in [-0.4, -0.2) is 66.9 Å². The lowest BCUT2D eigenvalue weighted by Crippen LogP contribution is -2.49. The molecular weight excluding hydrogens is 312 g/mol. The molecule has 0 aliphatic carbocycles. The van der Waals surface area contributed by atoms with Crippen LogP contribution in [0.3, 0.4) is 0 Å². The molecule has 0 aromatic heterocycles. The highest BCUT2D eigenvalue weighted by molar-refractivity contribution is 7.81. The number of hydrogen-bond donors (Lipinski definition) is 4. The molecule has 0 aromatic carbocycles. The standard InChI is InChI=1S/C6H12O11S2/c1-3(8)5(16-18(10,11)12)6(4(9)2-7)17-19(13,14)15/h2-6,8-9H,1H3,(H,10,11,12)(H,13,14,15). The quantitative estimate of drug-likeness (QED) is 0.269. The zero-order chi connectivity index (χ0) is 15.4. The maximum absolute atomic E-state index is 10.5. The van der Waals surface area contributed by atoms with Gasteiger partial charge in [-0.2, -0.15) is 16.8 Å². The van der Waals surface area contributed by atoms with E-state index >= 15 is 0 Å². The number of aliphatic hydroxyl groups is 2. The van der Waals surface area contributed by atoms with Gasteiger partial charge in [-0.15, -0.1) is 0 Å². The topological polar surface area (TPSA) is 185 Å². The highest BCUT2D eigenvalue weighted by Crippen LogP contribution is 2.16. The maximum atomic E-state index is 10.5. The lowest BCUT2D eigenvalue weighted by Gasteiger charge is -2.27. The van der Waals surface area contributed by atoms with Crippen LogP contribution in [0.25, 0.3) is 0 Å². The Morgan fingerprint density at radius 1 is 0.947 bits per heavy atom. The Labute approximate surface area is 108 Å². The summed E-state index contributed by atoms with van der Waals surface area (Å²) in [6.45, 7) is 0.897. The van der Waals surface area contributed by atoms with Crippen molar-refractivity contribution >= 4 is 27.1 Å². The van der Waals surface area contributed by atoms with E-state index in [0.717, 1.165) is 6.92 Å². The van der Waals surface area contributed by atoms with Crippen LogP contribution < -0.4 is 0 Å². The van der Waals surface area contributed by atoms with Gasteiger partial charge in [0.2, 0.25) is 0 Å². The average Bonchev–Trinajstić information content (AvgIpc) is 2.19. The number of hydrogen-bond acceptors (Lipinski definition) is 9. The molecule has 114 valence electrons. The summed E-state index contributed by atoms with van der Waals surface area (Å²) in [5, 5.41) is 18.4. The van der Waals surface area contributed by atoms with Crippen molar-refractivity contribution in [3.8, 4) is 0 Å². The van der Waals surface area contributed by atoms with E-state index in [2.05, 4.69) is 8.37 Å². The van der Waals surface area contributed by atoms with Crippen LogP contribution in [0, 0.1) is 0 Å². The normalized spacial score (nSPS) is 19.4. The molecular formula is C6H12O11S2. The second-order valence-electron chi connectivity index (χ2n) is 3.34. The highest BCUT2D eigenvalue weighted by Gasteiger charge is 2.39. The lowest BCUT2D eigenvalue weighted by atomic mass is 10.1. The SMILES string of the molecule is CC(O)C(OS(=O)(=O)O)C(OS(=O)(=O)O)C(O)C=O. The summed E-state index contributed by atoms with van der Waals surface area (Å²) in [4.78, 5) is 10.4. The summed E-state index contributed by atoms with van der Waals surface area (Å²) in [5.74, 6) is 0. The second-order valence-corrected chi connectivity index (χ2v) is 5.44. The van der Waals surface area contributed by atoms with Gasteiger partial charge in [-0.25, -0.2) is 8.37 Å². The van der Waals surface area contributed by atoms with Crippen molar-refractivity contribution < 1.29 is 49.3 Å². The third kappa shape index (κ3) is 7.48. The van der Waals surface area contributed by atoms with Crippen LogP contribution in [0.2, 0.25) is 0 Å². The van der Waals surface area contributed by atoms with Crippen molar-refractivity contribution in [2.45, 2.75) is 31.3 Å². The van der Waals surface area contributed by atoms with E-state index in [-0.39, 0.29) is 6.29 Å². The van der Waals surface area contributed by atoms with Crippen molar-refractivity contribution in [2.24, 2.45) is 0 Å². The van der Waals surface area contributed by atoms with Crippen molar-refractivity contribution in [1.82, 2.24) is 0 Å². The molecule has 0 saturated heterocycles.